The molecule has 0 atom stereocenters. The summed E-state index contributed by atoms with van der Waals surface area (Å²) >= 11 is 5.93. The van der Waals surface area contributed by atoms with Crippen LogP contribution in [0.15, 0.2) is 18.2 Å². The van der Waals surface area contributed by atoms with Crippen molar-refractivity contribution in [3.05, 3.63) is 28.8 Å². The van der Waals surface area contributed by atoms with Gasteiger partial charge >= 0.3 is 0 Å². The van der Waals surface area contributed by atoms with E-state index in [1.807, 2.05) is 25.1 Å². The van der Waals surface area contributed by atoms with Crippen LogP contribution < -0.4 is 5.32 Å². The van der Waals surface area contributed by atoms with Crippen LogP contribution in [-0.2, 0) is 0 Å². The Morgan fingerprint density at radius 2 is 2.33 bits per heavy atom. The Morgan fingerprint density at radius 1 is 1.58 bits per heavy atom. The number of halogens is 1. The van der Waals surface area contributed by atoms with Crippen molar-refractivity contribution in [3.8, 4) is 12.3 Å². The largest absolute Gasteiger partial charge is 0.373 e. The number of hydrogen-bond donors (Lipinski definition) is 1. The molecule has 0 aliphatic carbocycles. The first-order valence-electron chi connectivity index (χ1n) is 3.68. The molecular formula is C10H10ClN. The van der Waals surface area contributed by atoms with E-state index >= 15 is 0 Å². The Labute approximate surface area is 77.7 Å². The van der Waals surface area contributed by atoms with Crippen LogP contribution in [0.5, 0.6) is 0 Å². The molecular weight excluding hydrogens is 170 g/mol. The van der Waals surface area contributed by atoms with Gasteiger partial charge in [-0.2, -0.15) is 0 Å². The third-order valence-electron chi connectivity index (χ3n) is 1.59. The minimum absolute atomic E-state index is 0.505. The number of hydrogen-bond acceptors (Lipinski definition) is 1. The molecule has 0 heterocycles. The molecule has 0 fully saturated rings. The van der Waals surface area contributed by atoms with E-state index in [2.05, 4.69) is 11.2 Å². The highest BCUT2D eigenvalue weighted by Crippen LogP contribution is 2.24. The van der Waals surface area contributed by atoms with Crippen molar-refractivity contribution in [1.29, 1.82) is 0 Å². The second-order valence-corrected chi connectivity index (χ2v) is 2.90. The summed E-state index contributed by atoms with van der Waals surface area (Å²) in [5, 5.41) is 3.78. The Kier molecular flexibility index (Phi) is 3.01. The SMILES string of the molecule is C#CCNc1c(C)cccc1Cl. The molecule has 0 aliphatic heterocycles. The van der Waals surface area contributed by atoms with Crippen molar-refractivity contribution in [2.75, 3.05) is 11.9 Å². The molecule has 1 aromatic carbocycles. The van der Waals surface area contributed by atoms with E-state index in [0.29, 0.717) is 11.6 Å². The lowest BCUT2D eigenvalue weighted by atomic mass is 10.2. The van der Waals surface area contributed by atoms with Gasteiger partial charge in [-0.25, -0.2) is 0 Å². The molecule has 2 heteroatoms. The highest BCUT2D eigenvalue weighted by molar-refractivity contribution is 6.33. The zero-order chi connectivity index (χ0) is 8.97. The maximum Gasteiger partial charge on any atom is 0.0763 e. The summed E-state index contributed by atoms with van der Waals surface area (Å²) in [5.41, 5.74) is 2.04. The average molecular weight is 180 g/mol. The van der Waals surface area contributed by atoms with E-state index in [1.54, 1.807) is 0 Å². The molecule has 0 unspecified atom stereocenters. The van der Waals surface area contributed by atoms with Crippen LogP contribution in [0.2, 0.25) is 5.02 Å². The summed E-state index contributed by atoms with van der Waals surface area (Å²) in [7, 11) is 0. The quantitative estimate of drug-likeness (QED) is 0.689. The van der Waals surface area contributed by atoms with Crippen molar-refractivity contribution in [2.24, 2.45) is 0 Å². The summed E-state index contributed by atoms with van der Waals surface area (Å²) in [6.07, 6.45) is 5.12. The number of nitrogens with one attached hydrogen (secondary N) is 1. The van der Waals surface area contributed by atoms with Crippen molar-refractivity contribution < 1.29 is 0 Å². The fraction of sp³-hybridized carbons (Fsp3) is 0.200. The highest BCUT2D eigenvalue weighted by atomic mass is 35.5. The molecule has 0 aliphatic rings. The van der Waals surface area contributed by atoms with E-state index in [-0.39, 0.29) is 0 Å². The second kappa shape index (κ2) is 4.04. The van der Waals surface area contributed by atoms with Gasteiger partial charge in [-0.05, 0) is 18.6 Å². The van der Waals surface area contributed by atoms with Gasteiger partial charge in [0, 0.05) is 0 Å². The number of benzene rings is 1. The minimum atomic E-state index is 0.505. The van der Waals surface area contributed by atoms with Gasteiger partial charge in [0.15, 0.2) is 0 Å². The van der Waals surface area contributed by atoms with Crippen LogP contribution in [0.1, 0.15) is 5.56 Å². The summed E-state index contributed by atoms with van der Waals surface area (Å²) in [6, 6.07) is 5.75. The molecule has 0 spiro atoms. The molecule has 12 heavy (non-hydrogen) atoms. The lowest BCUT2D eigenvalue weighted by Crippen LogP contribution is -2.00. The topological polar surface area (TPSA) is 12.0 Å². The first-order chi connectivity index (χ1) is 5.75. The molecule has 0 amide bonds. The van der Waals surface area contributed by atoms with Gasteiger partial charge in [-0.3, -0.25) is 0 Å². The summed E-state index contributed by atoms with van der Waals surface area (Å²) in [6.45, 7) is 2.50. The van der Waals surface area contributed by atoms with Crippen LogP contribution in [0.3, 0.4) is 0 Å². The van der Waals surface area contributed by atoms with Crippen LogP contribution >= 0.6 is 11.6 Å². The molecule has 1 nitrogen and oxygen atoms in total. The van der Waals surface area contributed by atoms with Crippen molar-refractivity contribution in [1.82, 2.24) is 0 Å². The molecule has 0 saturated carbocycles. The van der Waals surface area contributed by atoms with E-state index in [9.17, 15) is 0 Å². The summed E-state index contributed by atoms with van der Waals surface area (Å²) < 4.78 is 0. The predicted molar refractivity (Wildman–Crippen MR) is 53.5 cm³/mol. The van der Waals surface area contributed by atoms with Crippen LogP contribution in [-0.4, -0.2) is 6.54 Å². The van der Waals surface area contributed by atoms with Crippen LogP contribution in [0, 0.1) is 19.3 Å². The van der Waals surface area contributed by atoms with E-state index < -0.39 is 0 Å². The molecule has 62 valence electrons. The van der Waals surface area contributed by atoms with Crippen LogP contribution in [0.4, 0.5) is 5.69 Å². The molecule has 1 aromatic rings. The molecule has 0 saturated heterocycles. The van der Waals surface area contributed by atoms with Gasteiger partial charge in [-0.15, -0.1) is 6.42 Å². The van der Waals surface area contributed by atoms with Gasteiger partial charge in [-0.1, -0.05) is 29.7 Å². The Morgan fingerprint density at radius 3 is 2.92 bits per heavy atom. The zero-order valence-corrected chi connectivity index (χ0v) is 7.65. The summed E-state index contributed by atoms with van der Waals surface area (Å²) in [5.74, 6) is 2.50. The normalized spacial score (nSPS) is 9.08. The smallest absolute Gasteiger partial charge is 0.0763 e. The third-order valence-corrected chi connectivity index (χ3v) is 1.90. The second-order valence-electron chi connectivity index (χ2n) is 2.49. The van der Waals surface area contributed by atoms with Gasteiger partial charge in [0.25, 0.3) is 0 Å². The highest BCUT2D eigenvalue weighted by Gasteiger charge is 2.00. The molecule has 1 rings (SSSR count). The monoisotopic (exact) mass is 179 g/mol. The van der Waals surface area contributed by atoms with Crippen molar-refractivity contribution in [3.63, 3.8) is 0 Å². The number of terminal acetylenes is 1. The third kappa shape index (κ3) is 1.93. The number of rotatable bonds is 2. The molecule has 0 radical (unpaired) electrons. The standard InChI is InChI=1S/C10H10ClN/c1-3-7-12-10-8(2)5-4-6-9(10)11/h1,4-6,12H,7H2,2H3. The maximum absolute atomic E-state index is 5.93. The fourth-order valence-corrected chi connectivity index (χ4v) is 1.28. The Hall–Kier alpha value is -1.13. The summed E-state index contributed by atoms with van der Waals surface area (Å²) in [4.78, 5) is 0. The fourth-order valence-electron chi connectivity index (χ4n) is 0.995. The van der Waals surface area contributed by atoms with Crippen molar-refractivity contribution in [2.45, 2.75) is 6.92 Å². The lowest BCUT2D eigenvalue weighted by Gasteiger charge is -2.07. The van der Waals surface area contributed by atoms with E-state index in [1.165, 1.54) is 0 Å². The maximum atomic E-state index is 5.93. The molecule has 0 aromatic heterocycles. The Bertz CT molecular complexity index is 292. The van der Waals surface area contributed by atoms with Gasteiger partial charge < -0.3 is 5.32 Å². The number of anilines is 1. The minimum Gasteiger partial charge on any atom is -0.373 e. The van der Waals surface area contributed by atoms with Gasteiger partial charge in [0.2, 0.25) is 0 Å². The van der Waals surface area contributed by atoms with Crippen LogP contribution in [0.25, 0.3) is 0 Å². The molecule has 1 N–H and O–H groups in total. The number of aryl methyl sites for hydroxylation is 1. The Balaban J connectivity index is 2.90. The van der Waals surface area contributed by atoms with Gasteiger partial charge in [0.05, 0.1) is 17.3 Å². The van der Waals surface area contributed by atoms with E-state index in [4.69, 9.17) is 18.0 Å². The average Bonchev–Trinajstić information content (AvgIpc) is 2.04. The van der Waals surface area contributed by atoms with E-state index in [0.717, 1.165) is 11.3 Å². The zero-order valence-electron chi connectivity index (χ0n) is 6.89. The molecule has 0 bridgehead atoms. The first kappa shape index (κ1) is 8.96. The lowest BCUT2D eigenvalue weighted by molar-refractivity contribution is 1.33. The first-order valence-corrected chi connectivity index (χ1v) is 4.06. The number of para-hydroxylation sites is 1. The van der Waals surface area contributed by atoms with Crippen molar-refractivity contribution >= 4 is 17.3 Å². The van der Waals surface area contributed by atoms with Gasteiger partial charge in [0.1, 0.15) is 0 Å². The predicted octanol–water partition coefficient (Wildman–Crippen LogP) is 2.69.